The second-order valence-electron chi connectivity index (χ2n) is 5.67. The Balaban J connectivity index is 2.12. The number of rotatable bonds is 5. The van der Waals surface area contributed by atoms with Gasteiger partial charge in [0.25, 0.3) is 0 Å². The van der Waals surface area contributed by atoms with Gasteiger partial charge < -0.3 is 10.1 Å². The van der Waals surface area contributed by atoms with E-state index < -0.39 is 9.84 Å². The Bertz CT molecular complexity index is 537. The Morgan fingerprint density at radius 3 is 2.35 bits per heavy atom. The molecule has 1 aromatic carbocycles. The maximum Gasteiger partial charge on any atom is 0.150 e. The van der Waals surface area contributed by atoms with Gasteiger partial charge in [-0.3, -0.25) is 0 Å². The SMILES string of the molecule is CNC(c1ccc(OC(C)C)cc1)C1CCS(=O)(=O)C1. The molecule has 1 saturated heterocycles. The first kappa shape index (κ1) is 15.3. The highest BCUT2D eigenvalue weighted by molar-refractivity contribution is 7.91. The summed E-state index contributed by atoms with van der Waals surface area (Å²) < 4.78 is 28.9. The zero-order chi connectivity index (χ0) is 14.8. The third-order valence-corrected chi connectivity index (χ3v) is 5.45. The molecule has 0 aliphatic carbocycles. The van der Waals surface area contributed by atoms with Crippen LogP contribution in [0.15, 0.2) is 24.3 Å². The summed E-state index contributed by atoms with van der Waals surface area (Å²) >= 11 is 0. The summed E-state index contributed by atoms with van der Waals surface area (Å²) in [7, 11) is -0.964. The Morgan fingerprint density at radius 2 is 1.90 bits per heavy atom. The van der Waals surface area contributed by atoms with Gasteiger partial charge in [0, 0.05) is 6.04 Å². The van der Waals surface area contributed by atoms with Crippen molar-refractivity contribution in [3.8, 4) is 5.75 Å². The Hall–Kier alpha value is -1.07. The van der Waals surface area contributed by atoms with Crippen molar-refractivity contribution in [2.75, 3.05) is 18.6 Å². The van der Waals surface area contributed by atoms with E-state index >= 15 is 0 Å². The molecule has 2 atom stereocenters. The molecular formula is C15H23NO3S. The Kier molecular flexibility index (Phi) is 4.70. The molecule has 0 radical (unpaired) electrons. The molecule has 0 amide bonds. The highest BCUT2D eigenvalue weighted by Crippen LogP contribution is 2.32. The molecule has 0 spiro atoms. The molecule has 5 heteroatoms. The van der Waals surface area contributed by atoms with Crippen LogP contribution >= 0.6 is 0 Å². The van der Waals surface area contributed by atoms with Gasteiger partial charge in [0.05, 0.1) is 17.6 Å². The smallest absolute Gasteiger partial charge is 0.150 e. The first-order chi connectivity index (χ1) is 9.41. The lowest BCUT2D eigenvalue weighted by Crippen LogP contribution is -2.26. The van der Waals surface area contributed by atoms with Gasteiger partial charge in [-0.25, -0.2) is 8.42 Å². The quantitative estimate of drug-likeness (QED) is 0.905. The number of sulfone groups is 1. The topological polar surface area (TPSA) is 55.4 Å². The fraction of sp³-hybridized carbons (Fsp3) is 0.600. The largest absolute Gasteiger partial charge is 0.491 e. The van der Waals surface area contributed by atoms with Gasteiger partial charge in [-0.2, -0.15) is 0 Å². The van der Waals surface area contributed by atoms with E-state index in [-0.39, 0.29) is 23.8 Å². The van der Waals surface area contributed by atoms with Crippen molar-refractivity contribution in [1.29, 1.82) is 0 Å². The van der Waals surface area contributed by atoms with E-state index in [4.69, 9.17) is 4.74 Å². The molecule has 2 unspecified atom stereocenters. The lowest BCUT2D eigenvalue weighted by Gasteiger charge is -2.23. The van der Waals surface area contributed by atoms with E-state index in [1.165, 1.54) is 0 Å². The lowest BCUT2D eigenvalue weighted by atomic mass is 9.92. The van der Waals surface area contributed by atoms with Crippen LogP contribution in [-0.4, -0.2) is 33.1 Å². The molecule has 0 saturated carbocycles. The predicted octanol–water partition coefficient (Wildman–Crippen LogP) is 2.17. The van der Waals surface area contributed by atoms with E-state index in [1.807, 2.05) is 45.2 Å². The summed E-state index contributed by atoms with van der Waals surface area (Å²) in [5, 5.41) is 3.25. The summed E-state index contributed by atoms with van der Waals surface area (Å²) in [6.07, 6.45) is 0.888. The van der Waals surface area contributed by atoms with Crippen LogP contribution in [0.25, 0.3) is 0 Å². The summed E-state index contributed by atoms with van der Waals surface area (Å²) in [5.41, 5.74) is 1.12. The number of hydrogen-bond acceptors (Lipinski definition) is 4. The molecule has 1 heterocycles. The minimum atomic E-state index is -2.85. The third kappa shape index (κ3) is 3.73. The highest BCUT2D eigenvalue weighted by Gasteiger charge is 2.33. The van der Waals surface area contributed by atoms with Crippen LogP contribution in [0.1, 0.15) is 31.9 Å². The monoisotopic (exact) mass is 297 g/mol. The molecule has 4 nitrogen and oxygen atoms in total. The standard InChI is InChI=1S/C15H23NO3S/c1-11(2)19-14-6-4-12(5-7-14)15(16-3)13-8-9-20(17,18)10-13/h4-7,11,13,15-16H,8-10H2,1-3H3. The van der Waals surface area contributed by atoms with Crippen LogP contribution in [0, 0.1) is 5.92 Å². The molecule has 1 aromatic rings. The number of hydrogen-bond donors (Lipinski definition) is 1. The molecule has 1 N–H and O–H groups in total. The molecule has 112 valence electrons. The molecule has 20 heavy (non-hydrogen) atoms. The van der Waals surface area contributed by atoms with Crippen molar-refractivity contribution in [2.24, 2.45) is 5.92 Å². The van der Waals surface area contributed by atoms with Crippen LogP contribution in [0.2, 0.25) is 0 Å². The summed E-state index contributed by atoms with van der Waals surface area (Å²) in [5.74, 6) is 1.59. The lowest BCUT2D eigenvalue weighted by molar-refractivity contribution is 0.242. The number of benzene rings is 1. The predicted molar refractivity (Wildman–Crippen MR) is 80.8 cm³/mol. The van der Waals surface area contributed by atoms with Gasteiger partial charge in [-0.05, 0) is 50.9 Å². The molecule has 1 aliphatic heterocycles. The number of ether oxygens (including phenoxy) is 1. The van der Waals surface area contributed by atoms with Gasteiger partial charge in [0.15, 0.2) is 9.84 Å². The van der Waals surface area contributed by atoms with Crippen LogP contribution < -0.4 is 10.1 Å². The van der Waals surface area contributed by atoms with Crippen molar-refractivity contribution in [1.82, 2.24) is 5.32 Å². The molecular weight excluding hydrogens is 274 g/mol. The van der Waals surface area contributed by atoms with Crippen LogP contribution in [-0.2, 0) is 9.84 Å². The molecule has 0 aromatic heterocycles. The number of nitrogens with one attached hydrogen (secondary N) is 1. The second-order valence-corrected chi connectivity index (χ2v) is 7.89. The fourth-order valence-corrected chi connectivity index (χ4v) is 4.63. The maximum atomic E-state index is 11.6. The molecule has 1 aliphatic rings. The Labute approximate surface area is 121 Å². The summed E-state index contributed by atoms with van der Waals surface area (Å²) in [6.45, 7) is 3.99. The zero-order valence-electron chi connectivity index (χ0n) is 12.3. The molecule has 1 fully saturated rings. The average Bonchev–Trinajstić information content (AvgIpc) is 2.72. The van der Waals surface area contributed by atoms with Crippen molar-refractivity contribution in [3.63, 3.8) is 0 Å². The first-order valence-electron chi connectivity index (χ1n) is 7.05. The van der Waals surface area contributed by atoms with E-state index in [1.54, 1.807) is 0 Å². The van der Waals surface area contributed by atoms with Crippen LogP contribution in [0.4, 0.5) is 0 Å². The van der Waals surface area contributed by atoms with Gasteiger partial charge in [-0.15, -0.1) is 0 Å². The van der Waals surface area contributed by atoms with Gasteiger partial charge in [0.1, 0.15) is 5.75 Å². The fourth-order valence-electron chi connectivity index (χ4n) is 2.79. The Morgan fingerprint density at radius 1 is 1.25 bits per heavy atom. The van der Waals surface area contributed by atoms with E-state index in [0.29, 0.717) is 5.75 Å². The molecule has 2 rings (SSSR count). The minimum absolute atomic E-state index is 0.0837. The van der Waals surface area contributed by atoms with E-state index in [0.717, 1.165) is 17.7 Å². The molecule has 0 bridgehead atoms. The normalized spacial score (nSPS) is 22.9. The van der Waals surface area contributed by atoms with Gasteiger partial charge >= 0.3 is 0 Å². The van der Waals surface area contributed by atoms with Crippen molar-refractivity contribution in [3.05, 3.63) is 29.8 Å². The summed E-state index contributed by atoms with van der Waals surface area (Å²) in [4.78, 5) is 0. The van der Waals surface area contributed by atoms with Gasteiger partial charge in [0.2, 0.25) is 0 Å². The van der Waals surface area contributed by atoms with Gasteiger partial charge in [-0.1, -0.05) is 12.1 Å². The second kappa shape index (κ2) is 6.14. The average molecular weight is 297 g/mol. The van der Waals surface area contributed by atoms with Crippen LogP contribution in [0.3, 0.4) is 0 Å². The first-order valence-corrected chi connectivity index (χ1v) is 8.88. The third-order valence-electron chi connectivity index (χ3n) is 3.66. The summed E-state index contributed by atoms with van der Waals surface area (Å²) in [6, 6.07) is 8.01. The zero-order valence-corrected chi connectivity index (χ0v) is 13.1. The maximum absolute atomic E-state index is 11.6. The van der Waals surface area contributed by atoms with Crippen molar-refractivity contribution < 1.29 is 13.2 Å². The van der Waals surface area contributed by atoms with E-state index in [9.17, 15) is 8.42 Å². The van der Waals surface area contributed by atoms with Crippen LogP contribution in [0.5, 0.6) is 5.75 Å². The van der Waals surface area contributed by atoms with Crippen molar-refractivity contribution in [2.45, 2.75) is 32.4 Å². The highest BCUT2D eigenvalue weighted by atomic mass is 32.2. The van der Waals surface area contributed by atoms with Crippen molar-refractivity contribution >= 4 is 9.84 Å². The van der Waals surface area contributed by atoms with E-state index in [2.05, 4.69) is 5.32 Å². The minimum Gasteiger partial charge on any atom is -0.491 e.